The van der Waals surface area contributed by atoms with Crippen LogP contribution in [0, 0.1) is 5.92 Å². The van der Waals surface area contributed by atoms with Crippen LogP contribution in [0.4, 0.5) is 0 Å². The number of rotatable bonds is 3. The second kappa shape index (κ2) is 4.86. The van der Waals surface area contributed by atoms with Gasteiger partial charge in [0.2, 0.25) is 0 Å². The van der Waals surface area contributed by atoms with Gasteiger partial charge in [0.1, 0.15) is 5.25 Å². The molecular formula is C12H20O3S. The standard InChI is InChI=1S/C12H20O3S/c13-11-7-3-4-8-12(11)16(14,15)9-10-5-1-2-6-10/h10,12H,1-9H2. The molecule has 0 aromatic carbocycles. The normalized spacial score (nSPS) is 28.5. The van der Waals surface area contributed by atoms with Crippen molar-refractivity contribution in [3.63, 3.8) is 0 Å². The monoisotopic (exact) mass is 244 g/mol. The summed E-state index contributed by atoms with van der Waals surface area (Å²) in [5.41, 5.74) is 0. The number of sulfone groups is 1. The first-order valence-electron chi connectivity index (χ1n) is 6.34. The highest BCUT2D eigenvalue weighted by molar-refractivity contribution is 7.92. The largest absolute Gasteiger partial charge is 0.298 e. The Hall–Kier alpha value is -0.380. The summed E-state index contributed by atoms with van der Waals surface area (Å²) in [6, 6.07) is 0. The number of hydrogen-bond acceptors (Lipinski definition) is 3. The van der Waals surface area contributed by atoms with Gasteiger partial charge in [-0.2, -0.15) is 0 Å². The van der Waals surface area contributed by atoms with Crippen LogP contribution in [0.1, 0.15) is 51.4 Å². The van der Waals surface area contributed by atoms with Crippen molar-refractivity contribution >= 4 is 15.6 Å². The Bertz CT molecular complexity index is 352. The molecule has 0 heterocycles. The minimum atomic E-state index is -3.17. The van der Waals surface area contributed by atoms with E-state index < -0.39 is 15.1 Å². The molecule has 2 rings (SSSR count). The molecule has 16 heavy (non-hydrogen) atoms. The van der Waals surface area contributed by atoms with Crippen molar-refractivity contribution in [1.29, 1.82) is 0 Å². The summed E-state index contributed by atoms with van der Waals surface area (Å²) in [4.78, 5) is 11.6. The molecule has 2 fully saturated rings. The molecule has 1 unspecified atom stereocenters. The van der Waals surface area contributed by atoms with Crippen molar-refractivity contribution in [3.05, 3.63) is 0 Å². The van der Waals surface area contributed by atoms with Crippen LogP contribution in [-0.4, -0.2) is 25.2 Å². The Morgan fingerprint density at radius 1 is 1.00 bits per heavy atom. The van der Waals surface area contributed by atoms with Gasteiger partial charge >= 0.3 is 0 Å². The van der Waals surface area contributed by atoms with Crippen LogP contribution in [-0.2, 0) is 14.6 Å². The lowest BCUT2D eigenvalue weighted by Gasteiger charge is -2.22. The first-order valence-corrected chi connectivity index (χ1v) is 8.05. The maximum absolute atomic E-state index is 12.1. The Labute approximate surface area is 97.5 Å². The van der Waals surface area contributed by atoms with Crippen molar-refractivity contribution < 1.29 is 13.2 Å². The van der Waals surface area contributed by atoms with Crippen LogP contribution in [0.3, 0.4) is 0 Å². The number of carbonyl (C=O) groups excluding carboxylic acids is 1. The Kier molecular flexibility index (Phi) is 3.67. The molecule has 0 radical (unpaired) electrons. The zero-order valence-electron chi connectivity index (χ0n) is 9.65. The van der Waals surface area contributed by atoms with Gasteiger partial charge in [-0.05, 0) is 31.6 Å². The van der Waals surface area contributed by atoms with Crippen LogP contribution in [0.15, 0.2) is 0 Å². The van der Waals surface area contributed by atoms with Crippen molar-refractivity contribution in [3.8, 4) is 0 Å². The average molecular weight is 244 g/mol. The topological polar surface area (TPSA) is 51.2 Å². The van der Waals surface area contributed by atoms with Gasteiger partial charge in [-0.15, -0.1) is 0 Å². The molecule has 2 aliphatic carbocycles. The second-order valence-electron chi connectivity index (χ2n) is 5.18. The van der Waals surface area contributed by atoms with Crippen molar-refractivity contribution in [2.75, 3.05) is 5.75 Å². The van der Waals surface area contributed by atoms with Gasteiger partial charge in [-0.1, -0.05) is 19.3 Å². The maximum atomic E-state index is 12.1. The summed E-state index contributed by atoms with van der Waals surface area (Å²) in [5, 5.41) is -0.665. The molecule has 0 aliphatic heterocycles. The summed E-state index contributed by atoms with van der Waals surface area (Å²) < 4.78 is 24.3. The highest BCUT2D eigenvalue weighted by Crippen LogP contribution is 2.29. The van der Waals surface area contributed by atoms with Crippen molar-refractivity contribution in [1.82, 2.24) is 0 Å². The molecule has 1 atom stereocenters. The van der Waals surface area contributed by atoms with Gasteiger partial charge in [0.15, 0.2) is 15.6 Å². The summed E-state index contributed by atoms with van der Waals surface area (Å²) in [6.45, 7) is 0. The van der Waals surface area contributed by atoms with E-state index in [2.05, 4.69) is 0 Å². The minimum absolute atomic E-state index is 0.0377. The third-order valence-corrected chi connectivity index (χ3v) is 6.18. The third-order valence-electron chi connectivity index (χ3n) is 3.87. The lowest BCUT2D eigenvalue weighted by atomic mass is 9.99. The van der Waals surface area contributed by atoms with Gasteiger partial charge in [0.25, 0.3) is 0 Å². The van der Waals surface area contributed by atoms with Crippen LogP contribution in [0.2, 0.25) is 0 Å². The molecule has 0 bridgehead atoms. The van der Waals surface area contributed by atoms with E-state index in [1.165, 1.54) is 0 Å². The Morgan fingerprint density at radius 2 is 1.62 bits per heavy atom. The van der Waals surface area contributed by atoms with E-state index in [0.717, 1.165) is 38.5 Å². The van der Waals surface area contributed by atoms with E-state index in [0.29, 0.717) is 18.8 Å². The molecule has 0 saturated heterocycles. The van der Waals surface area contributed by atoms with E-state index in [1.54, 1.807) is 0 Å². The highest BCUT2D eigenvalue weighted by Gasteiger charge is 2.35. The third kappa shape index (κ3) is 2.65. The Morgan fingerprint density at radius 3 is 2.25 bits per heavy atom. The van der Waals surface area contributed by atoms with Gasteiger partial charge in [-0.3, -0.25) is 4.79 Å². The molecular weight excluding hydrogens is 224 g/mol. The lowest BCUT2D eigenvalue weighted by molar-refractivity contribution is -0.119. The highest BCUT2D eigenvalue weighted by atomic mass is 32.2. The second-order valence-corrected chi connectivity index (χ2v) is 7.41. The fourth-order valence-electron chi connectivity index (χ4n) is 2.95. The number of Topliss-reactive ketones (excluding diaryl/α,β-unsaturated/α-hetero) is 1. The Balaban J connectivity index is 2.02. The molecule has 92 valence electrons. The number of ketones is 1. The van der Waals surface area contributed by atoms with E-state index >= 15 is 0 Å². The molecule has 0 aromatic heterocycles. The maximum Gasteiger partial charge on any atom is 0.160 e. The fourth-order valence-corrected chi connectivity index (χ4v) is 5.22. The SMILES string of the molecule is O=C1CCCCC1S(=O)(=O)CC1CCCC1. The van der Waals surface area contributed by atoms with Crippen LogP contribution in [0.25, 0.3) is 0 Å². The number of carbonyl (C=O) groups is 1. The van der Waals surface area contributed by atoms with Gasteiger partial charge < -0.3 is 0 Å². The first-order chi connectivity index (χ1) is 7.59. The molecule has 0 N–H and O–H groups in total. The predicted octanol–water partition coefficient (Wildman–Crippen LogP) is 2.10. The molecule has 2 aliphatic rings. The van der Waals surface area contributed by atoms with Gasteiger partial charge in [0, 0.05) is 6.42 Å². The van der Waals surface area contributed by atoms with Crippen LogP contribution in [0.5, 0.6) is 0 Å². The molecule has 3 nitrogen and oxygen atoms in total. The van der Waals surface area contributed by atoms with Gasteiger partial charge in [0.05, 0.1) is 5.75 Å². The average Bonchev–Trinajstić information content (AvgIpc) is 2.70. The zero-order chi connectivity index (χ0) is 11.6. The molecule has 0 spiro atoms. The fraction of sp³-hybridized carbons (Fsp3) is 0.917. The number of hydrogen-bond donors (Lipinski definition) is 0. The smallest absolute Gasteiger partial charge is 0.160 e. The first kappa shape index (κ1) is 12.1. The zero-order valence-corrected chi connectivity index (χ0v) is 10.5. The molecule has 0 amide bonds. The lowest BCUT2D eigenvalue weighted by Crippen LogP contribution is -2.36. The van der Waals surface area contributed by atoms with Crippen LogP contribution >= 0.6 is 0 Å². The summed E-state index contributed by atoms with van der Waals surface area (Å²) in [5.74, 6) is 0.535. The predicted molar refractivity (Wildman–Crippen MR) is 63.0 cm³/mol. The van der Waals surface area contributed by atoms with Crippen LogP contribution < -0.4 is 0 Å². The molecule has 2 saturated carbocycles. The van der Waals surface area contributed by atoms with Gasteiger partial charge in [-0.25, -0.2) is 8.42 Å². The van der Waals surface area contributed by atoms with Crippen molar-refractivity contribution in [2.24, 2.45) is 5.92 Å². The van der Waals surface area contributed by atoms with Crippen molar-refractivity contribution in [2.45, 2.75) is 56.6 Å². The summed E-state index contributed by atoms with van der Waals surface area (Å²) in [6.07, 6.45) is 7.15. The summed E-state index contributed by atoms with van der Waals surface area (Å²) in [7, 11) is -3.17. The van der Waals surface area contributed by atoms with E-state index in [-0.39, 0.29) is 11.5 Å². The van der Waals surface area contributed by atoms with E-state index in [4.69, 9.17) is 0 Å². The minimum Gasteiger partial charge on any atom is -0.298 e. The van der Waals surface area contributed by atoms with E-state index in [1.807, 2.05) is 0 Å². The molecule has 4 heteroatoms. The quantitative estimate of drug-likeness (QED) is 0.764. The van der Waals surface area contributed by atoms with E-state index in [9.17, 15) is 13.2 Å². The molecule has 0 aromatic rings. The summed E-state index contributed by atoms with van der Waals surface area (Å²) >= 11 is 0.